The number of rotatable bonds is 2. The third-order valence-corrected chi connectivity index (χ3v) is 16.7. The first-order valence-electron chi connectivity index (χ1n) is 23.1. The molecular weight excluding hydrogens is 765 g/mol. The molecule has 6 aromatic carbocycles. The maximum Gasteiger partial charge on any atom is 0.0975 e. The van der Waals surface area contributed by atoms with Crippen molar-refractivity contribution >= 4 is 43.6 Å². The third kappa shape index (κ3) is 4.06. The Bertz CT molecular complexity index is 3500. The zero-order valence-corrected chi connectivity index (χ0v) is 34.7. The molecule has 63 heavy (non-hydrogen) atoms. The Balaban J connectivity index is 0.980. The quantitative estimate of drug-likeness (QED) is 0.163. The topological polar surface area (TPSA) is 51.6 Å². The van der Waals surface area contributed by atoms with Crippen molar-refractivity contribution in [1.29, 1.82) is 0 Å². The van der Waals surface area contributed by atoms with Crippen LogP contribution in [0.25, 0.3) is 88.4 Å². The summed E-state index contributed by atoms with van der Waals surface area (Å²) in [4.78, 5) is 21.3. The molecule has 4 heteroatoms. The van der Waals surface area contributed by atoms with Crippen molar-refractivity contribution in [2.45, 2.75) is 67.6 Å². The first-order valence-corrected chi connectivity index (χ1v) is 23.1. The molecular formula is C59H40N4. The summed E-state index contributed by atoms with van der Waals surface area (Å²) in [6, 6.07) is 50.7. The lowest BCUT2D eigenvalue weighted by Gasteiger charge is -2.31. The number of nitrogens with zero attached hydrogens (tertiary/aromatic N) is 4. The van der Waals surface area contributed by atoms with Gasteiger partial charge in [0.05, 0.1) is 38.9 Å². The van der Waals surface area contributed by atoms with Gasteiger partial charge in [0.1, 0.15) is 0 Å². The van der Waals surface area contributed by atoms with Crippen molar-refractivity contribution < 1.29 is 0 Å². The molecule has 0 radical (unpaired) electrons. The van der Waals surface area contributed by atoms with E-state index in [1.165, 1.54) is 127 Å². The van der Waals surface area contributed by atoms with Crippen LogP contribution in [-0.2, 0) is 5.41 Å². The fourth-order valence-corrected chi connectivity index (χ4v) is 14.4. The van der Waals surface area contributed by atoms with Crippen LogP contribution < -0.4 is 0 Å². The maximum atomic E-state index is 5.72. The summed E-state index contributed by atoms with van der Waals surface area (Å²) in [5.74, 6) is 2.26. The second-order valence-electron chi connectivity index (χ2n) is 19.4. The number of benzene rings is 6. The van der Waals surface area contributed by atoms with E-state index in [4.69, 9.17) is 19.9 Å². The fourth-order valence-electron chi connectivity index (χ4n) is 14.4. The van der Waals surface area contributed by atoms with Crippen LogP contribution in [0.3, 0.4) is 0 Å². The van der Waals surface area contributed by atoms with Crippen LogP contribution in [0, 0.1) is 0 Å². The highest BCUT2D eigenvalue weighted by Crippen LogP contribution is 2.65. The fraction of sp³-hybridized carbons (Fsp3) is 0.186. The molecule has 296 valence electrons. The zero-order valence-electron chi connectivity index (χ0n) is 34.7. The first kappa shape index (κ1) is 33.6. The second kappa shape index (κ2) is 11.7. The molecule has 1 spiro atoms. The monoisotopic (exact) mass is 804 g/mol. The highest BCUT2D eigenvalue weighted by atomic mass is 14.8. The summed E-state index contributed by atoms with van der Waals surface area (Å²) in [6.45, 7) is 0. The molecule has 2 fully saturated rings. The van der Waals surface area contributed by atoms with Gasteiger partial charge in [-0.1, -0.05) is 109 Å². The lowest BCUT2D eigenvalue weighted by atomic mass is 9.70. The predicted octanol–water partition coefficient (Wildman–Crippen LogP) is 14.3. The van der Waals surface area contributed by atoms with E-state index in [2.05, 4.69) is 121 Å². The van der Waals surface area contributed by atoms with Gasteiger partial charge in [0.2, 0.25) is 0 Å². The van der Waals surface area contributed by atoms with Gasteiger partial charge < -0.3 is 0 Å². The van der Waals surface area contributed by atoms with Gasteiger partial charge in [-0.2, -0.15) is 0 Å². The molecule has 4 aromatic heterocycles. The van der Waals surface area contributed by atoms with Crippen molar-refractivity contribution in [3.63, 3.8) is 0 Å². The van der Waals surface area contributed by atoms with E-state index in [-0.39, 0.29) is 0 Å². The van der Waals surface area contributed by atoms with Crippen LogP contribution >= 0.6 is 0 Å². The molecule has 0 aliphatic heterocycles. The molecule has 0 saturated heterocycles. The van der Waals surface area contributed by atoms with Gasteiger partial charge in [-0.15, -0.1) is 0 Å². The van der Waals surface area contributed by atoms with E-state index in [1.54, 1.807) is 0 Å². The van der Waals surface area contributed by atoms with Crippen molar-refractivity contribution in [2.75, 3.05) is 0 Å². The Labute approximate surface area is 364 Å². The van der Waals surface area contributed by atoms with E-state index in [0.29, 0.717) is 23.7 Å². The number of aromatic nitrogens is 4. The van der Waals surface area contributed by atoms with E-state index < -0.39 is 5.41 Å². The number of pyridine rings is 4. The average molecular weight is 805 g/mol. The molecule has 4 bridgehead atoms. The molecule has 0 N–H and O–H groups in total. The highest BCUT2D eigenvalue weighted by molar-refractivity contribution is 6.08. The van der Waals surface area contributed by atoms with Crippen molar-refractivity contribution in [2.24, 2.45) is 0 Å². The molecule has 4 nitrogen and oxygen atoms in total. The smallest absolute Gasteiger partial charge is 0.0975 e. The van der Waals surface area contributed by atoms with Crippen LogP contribution in [0.1, 0.15) is 107 Å². The zero-order chi connectivity index (χ0) is 40.7. The second-order valence-corrected chi connectivity index (χ2v) is 19.4. The standard InChI is InChI=1S/C59H40N4/c1-3-11-45-39(9-1)41-21-19-37(53-51-35-15-13-33(27-35)49(51)43-23-17-31-7-5-25-60-55(31)57(43)62-53)29-47(41)59(45)46-12-4-2-10-40(46)42-22-20-38(30-48(42)59)54-52-36-16-14-34(28-36)50(52)44-24-18-32-8-6-26-61-56(32)58(44)63-54/h1-12,17-26,29-30,33-36H,13-16,27-28H2. The minimum Gasteiger partial charge on any atom is -0.254 e. The number of hydrogen-bond acceptors (Lipinski definition) is 4. The average Bonchev–Trinajstić information content (AvgIpc) is 4.22. The predicted molar refractivity (Wildman–Crippen MR) is 253 cm³/mol. The van der Waals surface area contributed by atoms with Crippen LogP contribution in [0.2, 0.25) is 0 Å². The lowest BCUT2D eigenvalue weighted by Crippen LogP contribution is -2.26. The third-order valence-electron chi connectivity index (χ3n) is 16.7. The van der Waals surface area contributed by atoms with E-state index in [9.17, 15) is 0 Å². The van der Waals surface area contributed by atoms with Gasteiger partial charge in [0.25, 0.3) is 0 Å². The molecule has 10 aromatic rings. The minimum atomic E-state index is -0.509. The van der Waals surface area contributed by atoms with Gasteiger partial charge in [-0.3, -0.25) is 9.97 Å². The molecule has 0 amide bonds. The molecule has 4 unspecified atom stereocenters. The van der Waals surface area contributed by atoms with Gasteiger partial charge in [-0.25, -0.2) is 9.97 Å². The van der Waals surface area contributed by atoms with Crippen LogP contribution in [0.5, 0.6) is 0 Å². The molecule has 6 aliphatic rings. The normalized spacial score (nSPS) is 22.6. The summed E-state index contributed by atoms with van der Waals surface area (Å²) in [6.07, 6.45) is 11.3. The summed E-state index contributed by atoms with van der Waals surface area (Å²) >= 11 is 0. The molecule has 16 rings (SSSR count). The Morgan fingerprint density at radius 1 is 0.381 bits per heavy atom. The van der Waals surface area contributed by atoms with Crippen LogP contribution in [0.15, 0.2) is 146 Å². The van der Waals surface area contributed by atoms with Gasteiger partial charge in [0, 0.05) is 45.1 Å². The number of hydrogen-bond donors (Lipinski definition) is 0. The van der Waals surface area contributed by atoms with E-state index in [0.717, 1.165) is 44.2 Å². The summed E-state index contributed by atoms with van der Waals surface area (Å²) in [5.41, 5.74) is 25.0. The molecule has 4 atom stereocenters. The van der Waals surface area contributed by atoms with E-state index >= 15 is 0 Å². The molecule has 2 saturated carbocycles. The largest absolute Gasteiger partial charge is 0.254 e. The highest BCUT2D eigenvalue weighted by Gasteiger charge is 2.52. The lowest BCUT2D eigenvalue weighted by molar-refractivity contribution is 0.720. The van der Waals surface area contributed by atoms with Gasteiger partial charge >= 0.3 is 0 Å². The van der Waals surface area contributed by atoms with Crippen LogP contribution in [-0.4, -0.2) is 19.9 Å². The van der Waals surface area contributed by atoms with Gasteiger partial charge in [-0.05, 0) is 153 Å². The van der Waals surface area contributed by atoms with Gasteiger partial charge in [0.15, 0.2) is 0 Å². The van der Waals surface area contributed by atoms with Crippen molar-refractivity contribution in [1.82, 2.24) is 19.9 Å². The Hall–Kier alpha value is -7.04. The Morgan fingerprint density at radius 2 is 0.825 bits per heavy atom. The minimum absolute atomic E-state index is 0.509. The SMILES string of the molecule is c1ccc2c(c1)-c1ccc(-c3nc4c(ccc5cccnc54)c4c3C3CCC4C3)cc1C21c2ccccc2-c2ccc(-c3nc4c(ccc5cccnc54)c4c3C3CCC4C3)cc21. The van der Waals surface area contributed by atoms with E-state index in [1.807, 2.05) is 24.5 Å². The Morgan fingerprint density at radius 3 is 1.32 bits per heavy atom. The van der Waals surface area contributed by atoms with Crippen molar-refractivity contribution in [3.8, 4) is 44.8 Å². The molecule has 4 heterocycles. The molecule has 6 aliphatic carbocycles. The summed E-state index contributed by atoms with van der Waals surface area (Å²) in [5, 5.41) is 4.89. The summed E-state index contributed by atoms with van der Waals surface area (Å²) in [7, 11) is 0. The van der Waals surface area contributed by atoms with Crippen molar-refractivity contribution in [3.05, 3.63) is 190 Å². The maximum absolute atomic E-state index is 5.72. The Kier molecular flexibility index (Phi) is 6.23. The first-order chi connectivity index (χ1) is 31.2. The van der Waals surface area contributed by atoms with Crippen LogP contribution in [0.4, 0.5) is 0 Å². The number of fused-ring (bicyclic) bond motifs is 28. The summed E-state index contributed by atoms with van der Waals surface area (Å²) < 4.78 is 0.